The molecule has 2 unspecified atom stereocenters. The van der Waals surface area contributed by atoms with Crippen LogP contribution in [0.15, 0.2) is 0 Å². The molecule has 2 heteroatoms. The maximum absolute atomic E-state index is 5.71. The molecule has 0 aliphatic rings. The molecular weight excluding hydrogens is 148 g/mol. The fraction of sp³-hybridized carbons (Fsp3) is 1.00. The van der Waals surface area contributed by atoms with Gasteiger partial charge in [-0.15, -0.1) is 0 Å². The fourth-order valence-corrected chi connectivity index (χ4v) is 1.70. The molecule has 2 N–H and O–H groups in total. The van der Waals surface area contributed by atoms with Crippen LogP contribution in [0, 0.1) is 0 Å². The van der Waals surface area contributed by atoms with Gasteiger partial charge in [0.1, 0.15) is 0 Å². The Morgan fingerprint density at radius 3 is 2.00 bits per heavy atom. The SMILES string of the molecule is CCC(C)N(CC)C(CC)CN. The molecule has 0 aromatic heterocycles. The smallest absolute Gasteiger partial charge is 0.0218 e. The molecule has 0 bridgehead atoms. The first-order chi connectivity index (χ1) is 5.71. The molecule has 0 saturated heterocycles. The first kappa shape index (κ1) is 11.9. The summed E-state index contributed by atoms with van der Waals surface area (Å²) in [6.45, 7) is 10.8. The van der Waals surface area contributed by atoms with Gasteiger partial charge < -0.3 is 5.73 Å². The number of rotatable bonds is 6. The van der Waals surface area contributed by atoms with Crippen molar-refractivity contribution in [2.24, 2.45) is 5.73 Å². The predicted molar refractivity (Wildman–Crippen MR) is 55.3 cm³/mol. The van der Waals surface area contributed by atoms with E-state index in [2.05, 4.69) is 32.6 Å². The minimum atomic E-state index is 0.574. The summed E-state index contributed by atoms with van der Waals surface area (Å²) >= 11 is 0. The molecule has 0 fully saturated rings. The Bertz CT molecular complexity index is 100. The van der Waals surface area contributed by atoms with E-state index in [4.69, 9.17) is 5.73 Å². The highest BCUT2D eigenvalue weighted by atomic mass is 15.2. The summed E-state index contributed by atoms with van der Waals surface area (Å²) in [6, 6.07) is 1.24. The zero-order valence-corrected chi connectivity index (χ0v) is 9.01. The largest absolute Gasteiger partial charge is 0.329 e. The monoisotopic (exact) mass is 172 g/mol. The lowest BCUT2D eigenvalue weighted by atomic mass is 10.1. The summed E-state index contributed by atoms with van der Waals surface area (Å²) in [5, 5.41) is 0. The highest BCUT2D eigenvalue weighted by Crippen LogP contribution is 2.10. The first-order valence-electron chi connectivity index (χ1n) is 5.16. The van der Waals surface area contributed by atoms with E-state index in [0.29, 0.717) is 12.1 Å². The fourth-order valence-electron chi connectivity index (χ4n) is 1.70. The van der Waals surface area contributed by atoms with Crippen LogP contribution >= 0.6 is 0 Å². The molecule has 0 amide bonds. The van der Waals surface area contributed by atoms with E-state index in [1.807, 2.05) is 0 Å². The third-order valence-corrected chi connectivity index (χ3v) is 2.73. The lowest BCUT2D eigenvalue weighted by Gasteiger charge is -2.34. The Labute approximate surface area is 77.1 Å². The standard InChI is InChI=1S/C10H24N2/c1-5-9(4)12(7-3)10(6-2)8-11/h9-10H,5-8,11H2,1-4H3. The summed E-state index contributed by atoms with van der Waals surface area (Å²) in [7, 11) is 0. The number of nitrogens with two attached hydrogens (primary N) is 1. The van der Waals surface area contributed by atoms with E-state index < -0.39 is 0 Å². The summed E-state index contributed by atoms with van der Waals surface area (Å²) in [6.07, 6.45) is 2.37. The second-order valence-electron chi connectivity index (χ2n) is 3.39. The number of likely N-dealkylation sites (N-methyl/N-ethyl adjacent to an activating group) is 1. The maximum Gasteiger partial charge on any atom is 0.0218 e. The van der Waals surface area contributed by atoms with Gasteiger partial charge in [0.15, 0.2) is 0 Å². The summed E-state index contributed by atoms with van der Waals surface area (Å²) in [5.41, 5.74) is 5.71. The first-order valence-corrected chi connectivity index (χ1v) is 5.16. The molecule has 12 heavy (non-hydrogen) atoms. The van der Waals surface area contributed by atoms with Crippen LogP contribution in [0.4, 0.5) is 0 Å². The van der Waals surface area contributed by atoms with E-state index in [-0.39, 0.29) is 0 Å². The summed E-state index contributed by atoms with van der Waals surface area (Å²) in [4.78, 5) is 2.50. The third-order valence-electron chi connectivity index (χ3n) is 2.73. The Morgan fingerprint density at radius 2 is 1.75 bits per heavy atom. The van der Waals surface area contributed by atoms with Crippen LogP contribution in [0.3, 0.4) is 0 Å². The van der Waals surface area contributed by atoms with Crippen molar-refractivity contribution >= 4 is 0 Å². The molecule has 0 heterocycles. The second-order valence-corrected chi connectivity index (χ2v) is 3.39. The topological polar surface area (TPSA) is 29.3 Å². The summed E-state index contributed by atoms with van der Waals surface area (Å²) in [5.74, 6) is 0. The minimum Gasteiger partial charge on any atom is -0.329 e. The lowest BCUT2D eigenvalue weighted by Crippen LogP contribution is -2.45. The van der Waals surface area contributed by atoms with Crippen molar-refractivity contribution in [2.75, 3.05) is 13.1 Å². The van der Waals surface area contributed by atoms with E-state index in [9.17, 15) is 0 Å². The molecule has 74 valence electrons. The van der Waals surface area contributed by atoms with Crippen molar-refractivity contribution in [2.45, 2.75) is 52.6 Å². The molecule has 0 aliphatic heterocycles. The average molecular weight is 172 g/mol. The molecule has 0 spiro atoms. The van der Waals surface area contributed by atoms with Crippen LogP contribution in [-0.4, -0.2) is 30.1 Å². The Kier molecular flexibility index (Phi) is 6.39. The lowest BCUT2D eigenvalue weighted by molar-refractivity contribution is 0.148. The van der Waals surface area contributed by atoms with Gasteiger partial charge in [0.05, 0.1) is 0 Å². The van der Waals surface area contributed by atoms with E-state index >= 15 is 0 Å². The molecule has 0 rings (SSSR count). The Balaban J connectivity index is 4.09. The van der Waals surface area contributed by atoms with Gasteiger partial charge in [0, 0.05) is 18.6 Å². The minimum absolute atomic E-state index is 0.574. The van der Waals surface area contributed by atoms with Crippen LogP contribution in [-0.2, 0) is 0 Å². The van der Waals surface area contributed by atoms with E-state index in [0.717, 1.165) is 19.5 Å². The molecule has 2 atom stereocenters. The van der Waals surface area contributed by atoms with Gasteiger partial charge in [0.25, 0.3) is 0 Å². The van der Waals surface area contributed by atoms with Gasteiger partial charge in [0.2, 0.25) is 0 Å². The Hall–Kier alpha value is -0.0800. The van der Waals surface area contributed by atoms with Crippen LogP contribution in [0.1, 0.15) is 40.5 Å². The van der Waals surface area contributed by atoms with E-state index in [1.165, 1.54) is 6.42 Å². The number of hydrogen-bond donors (Lipinski definition) is 1. The number of hydrogen-bond acceptors (Lipinski definition) is 2. The van der Waals surface area contributed by atoms with Crippen LogP contribution in [0.2, 0.25) is 0 Å². The second kappa shape index (κ2) is 6.44. The Morgan fingerprint density at radius 1 is 1.17 bits per heavy atom. The molecule has 0 saturated carbocycles. The number of nitrogens with zero attached hydrogens (tertiary/aromatic N) is 1. The normalized spacial score (nSPS) is 16.5. The highest BCUT2D eigenvalue weighted by molar-refractivity contribution is 4.74. The van der Waals surface area contributed by atoms with Crippen molar-refractivity contribution in [3.05, 3.63) is 0 Å². The van der Waals surface area contributed by atoms with Crippen molar-refractivity contribution in [1.82, 2.24) is 4.90 Å². The van der Waals surface area contributed by atoms with Crippen molar-refractivity contribution in [3.8, 4) is 0 Å². The quantitative estimate of drug-likeness (QED) is 0.662. The van der Waals surface area contributed by atoms with Crippen molar-refractivity contribution in [1.29, 1.82) is 0 Å². The van der Waals surface area contributed by atoms with Crippen LogP contribution in [0.25, 0.3) is 0 Å². The van der Waals surface area contributed by atoms with Gasteiger partial charge in [-0.2, -0.15) is 0 Å². The van der Waals surface area contributed by atoms with E-state index in [1.54, 1.807) is 0 Å². The molecule has 0 aromatic rings. The molecule has 0 aromatic carbocycles. The highest BCUT2D eigenvalue weighted by Gasteiger charge is 2.17. The predicted octanol–water partition coefficient (Wildman–Crippen LogP) is 1.84. The van der Waals surface area contributed by atoms with Gasteiger partial charge in [-0.3, -0.25) is 4.90 Å². The van der Waals surface area contributed by atoms with Crippen LogP contribution in [0.5, 0.6) is 0 Å². The van der Waals surface area contributed by atoms with Gasteiger partial charge in [-0.25, -0.2) is 0 Å². The zero-order valence-electron chi connectivity index (χ0n) is 9.01. The average Bonchev–Trinajstić information content (AvgIpc) is 2.12. The van der Waals surface area contributed by atoms with Gasteiger partial charge in [-0.1, -0.05) is 20.8 Å². The van der Waals surface area contributed by atoms with Crippen molar-refractivity contribution < 1.29 is 0 Å². The van der Waals surface area contributed by atoms with Crippen LogP contribution < -0.4 is 5.73 Å². The van der Waals surface area contributed by atoms with Gasteiger partial charge >= 0.3 is 0 Å². The third kappa shape index (κ3) is 3.11. The molecule has 0 aliphatic carbocycles. The van der Waals surface area contributed by atoms with Gasteiger partial charge in [-0.05, 0) is 26.3 Å². The van der Waals surface area contributed by atoms with Crippen molar-refractivity contribution in [3.63, 3.8) is 0 Å². The maximum atomic E-state index is 5.71. The molecular formula is C10H24N2. The molecule has 2 nitrogen and oxygen atoms in total. The zero-order chi connectivity index (χ0) is 9.56. The summed E-state index contributed by atoms with van der Waals surface area (Å²) < 4.78 is 0. The molecule has 0 radical (unpaired) electrons.